The highest BCUT2D eigenvalue weighted by molar-refractivity contribution is 7.47. The van der Waals surface area contributed by atoms with Crippen molar-refractivity contribution in [2.24, 2.45) is 0 Å². The summed E-state index contributed by atoms with van der Waals surface area (Å²) in [6, 6.07) is -0.766. The number of likely N-dealkylation sites (N-methyl/N-ethyl adjacent to an activating group) is 1. The molecule has 0 saturated carbocycles. The molecule has 8 nitrogen and oxygen atoms in total. The lowest BCUT2D eigenvalue weighted by Gasteiger charge is -2.26. The molecule has 0 spiro atoms. The molecule has 0 aromatic carbocycles. The molecule has 0 rings (SSSR count). The van der Waals surface area contributed by atoms with Crippen LogP contribution in [0.15, 0.2) is 72.9 Å². The number of nitrogens with one attached hydrogen (secondary N) is 1. The second-order valence-corrected chi connectivity index (χ2v) is 27.0. The number of phosphoric ester groups is 1. The summed E-state index contributed by atoms with van der Waals surface area (Å²) >= 11 is 0. The number of carbonyl (C=O) groups is 1. The molecule has 0 radical (unpaired) electrons. The zero-order chi connectivity index (χ0) is 60.5. The predicted molar refractivity (Wildman–Crippen MR) is 364 cm³/mol. The van der Waals surface area contributed by atoms with E-state index in [4.69, 9.17) is 9.05 Å². The molecule has 3 unspecified atom stereocenters. The number of aliphatic hydroxyl groups is 1. The summed E-state index contributed by atoms with van der Waals surface area (Å²) in [5.74, 6) is -0.142. The average molecular weight is 1180 g/mol. The topological polar surface area (TPSA) is 105 Å². The van der Waals surface area contributed by atoms with E-state index in [9.17, 15) is 19.4 Å². The van der Waals surface area contributed by atoms with Crippen LogP contribution in [0, 0.1) is 0 Å². The van der Waals surface area contributed by atoms with Crippen LogP contribution in [-0.4, -0.2) is 73.4 Å². The van der Waals surface area contributed by atoms with Crippen LogP contribution in [0.25, 0.3) is 0 Å². The van der Waals surface area contributed by atoms with Gasteiger partial charge in [-0.15, -0.1) is 0 Å². The van der Waals surface area contributed by atoms with Crippen LogP contribution in [0.4, 0.5) is 0 Å². The third-order valence-corrected chi connectivity index (χ3v) is 17.2. The molecular formula is C74H140N2O6P+. The molecule has 0 saturated heterocycles. The largest absolute Gasteiger partial charge is 0.472 e. The highest BCUT2D eigenvalue weighted by Gasteiger charge is 2.28. The van der Waals surface area contributed by atoms with Gasteiger partial charge in [0.05, 0.1) is 39.9 Å². The molecule has 83 heavy (non-hydrogen) atoms. The van der Waals surface area contributed by atoms with Gasteiger partial charge in [-0.1, -0.05) is 344 Å². The number of phosphoric acid groups is 1. The molecule has 0 aromatic heterocycles. The van der Waals surface area contributed by atoms with Gasteiger partial charge in [-0.25, -0.2) is 4.57 Å². The second kappa shape index (κ2) is 64.4. The quantitative estimate of drug-likeness (QED) is 0.0243. The van der Waals surface area contributed by atoms with E-state index < -0.39 is 20.0 Å². The number of allylic oxidation sites excluding steroid dienone is 12. The van der Waals surface area contributed by atoms with Crippen molar-refractivity contribution in [2.75, 3.05) is 40.9 Å². The summed E-state index contributed by atoms with van der Waals surface area (Å²) in [5, 5.41) is 14.2. The Bertz CT molecular complexity index is 1580. The van der Waals surface area contributed by atoms with Gasteiger partial charge in [0.2, 0.25) is 5.91 Å². The van der Waals surface area contributed by atoms with Gasteiger partial charge < -0.3 is 19.8 Å². The summed E-state index contributed by atoms with van der Waals surface area (Å²) in [6.45, 7) is 4.82. The lowest BCUT2D eigenvalue weighted by atomic mass is 10.0. The molecule has 0 aromatic rings. The standard InChI is InChI=1S/C74H139N2O6P/c1-6-8-10-12-14-16-18-20-22-24-26-28-30-32-34-36-37-38-39-40-42-44-46-48-50-52-54-56-58-60-62-64-66-68-74(78)75-72(71-82-83(79,80)81-70-69-76(3,4)5)73(77)67-65-63-61-59-57-55-53-51-49-47-45-43-41-35-33-31-29-27-25-23-21-19-17-15-13-11-9-7-2/h8,10,14,16,20,22,26,28,32,34,37-38,72-73,77H,6-7,9,11-13,15,17-19,21,23-25,27,29-31,33,35-36,39-71H2,1-5H3,(H-,75,78,79,80)/p+1/b10-8-,16-14-,22-20-,28-26-,34-32-,38-37-. The highest BCUT2D eigenvalue weighted by Crippen LogP contribution is 2.43. The Morgan fingerprint density at radius 1 is 0.422 bits per heavy atom. The Labute approximate surface area is 516 Å². The number of unbranched alkanes of at least 4 members (excludes halogenated alkanes) is 41. The summed E-state index contributed by atoms with van der Waals surface area (Å²) < 4.78 is 23.9. The predicted octanol–water partition coefficient (Wildman–Crippen LogP) is 22.9. The van der Waals surface area contributed by atoms with E-state index in [0.717, 1.165) is 77.0 Å². The van der Waals surface area contributed by atoms with Crippen LogP contribution < -0.4 is 5.32 Å². The van der Waals surface area contributed by atoms with Gasteiger partial charge in [0.25, 0.3) is 0 Å². The minimum absolute atomic E-state index is 0.0736. The molecular weight excluding hydrogens is 1040 g/mol. The molecule has 1 amide bonds. The number of hydrogen-bond acceptors (Lipinski definition) is 5. The molecule has 0 bridgehead atoms. The second-order valence-electron chi connectivity index (χ2n) is 25.6. The first-order valence-corrected chi connectivity index (χ1v) is 37.3. The molecule has 0 aliphatic rings. The maximum absolute atomic E-state index is 13.1. The number of rotatable bonds is 66. The van der Waals surface area contributed by atoms with Crippen LogP contribution in [-0.2, 0) is 18.4 Å². The number of quaternary nitrogens is 1. The van der Waals surface area contributed by atoms with Crippen LogP contribution in [0.2, 0.25) is 0 Å². The van der Waals surface area contributed by atoms with Crippen molar-refractivity contribution in [3.05, 3.63) is 72.9 Å². The van der Waals surface area contributed by atoms with Gasteiger partial charge >= 0.3 is 7.82 Å². The summed E-state index contributed by atoms with van der Waals surface area (Å²) in [4.78, 5) is 23.5. The Morgan fingerprint density at radius 3 is 1.06 bits per heavy atom. The van der Waals surface area contributed by atoms with E-state index in [2.05, 4.69) is 92.1 Å². The van der Waals surface area contributed by atoms with E-state index in [1.807, 2.05) is 21.1 Å². The van der Waals surface area contributed by atoms with Crippen molar-refractivity contribution in [2.45, 2.75) is 353 Å². The summed E-state index contributed by atoms with van der Waals surface area (Å²) in [5.41, 5.74) is 0. The molecule has 0 aliphatic carbocycles. The highest BCUT2D eigenvalue weighted by atomic mass is 31.2. The molecule has 486 valence electrons. The Morgan fingerprint density at radius 2 is 0.723 bits per heavy atom. The normalized spacial score (nSPS) is 14.1. The smallest absolute Gasteiger partial charge is 0.391 e. The van der Waals surface area contributed by atoms with E-state index >= 15 is 0 Å². The number of hydrogen-bond donors (Lipinski definition) is 3. The molecule has 0 aliphatic heterocycles. The Balaban J connectivity index is 4.03. The van der Waals surface area contributed by atoms with Crippen molar-refractivity contribution in [1.29, 1.82) is 0 Å². The van der Waals surface area contributed by atoms with Crippen LogP contribution >= 0.6 is 7.82 Å². The van der Waals surface area contributed by atoms with E-state index in [0.29, 0.717) is 23.9 Å². The number of aliphatic hydroxyl groups excluding tert-OH is 1. The first-order valence-electron chi connectivity index (χ1n) is 35.8. The van der Waals surface area contributed by atoms with Gasteiger partial charge in [0, 0.05) is 6.42 Å². The lowest BCUT2D eigenvalue weighted by molar-refractivity contribution is -0.870. The lowest BCUT2D eigenvalue weighted by Crippen LogP contribution is -2.46. The SMILES string of the molecule is CC/C=C\C/C=C\C/C=C\C/C=C\C/C=C\C/C=C\CCCCCCCCCCCCCCCCC(=O)NC(COP(=O)(O)OCC[N+](C)(C)C)C(O)CCCCCCCCCCCCCCCCCCCCCCCCCCCCCC. The van der Waals surface area contributed by atoms with Crippen LogP contribution in [0.5, 0.6) is 0 Å². The summed E-state index contributed by atoms with van der Waals surface area (Å²) in [6.07, 6.45) is 90.0. The van der Waals surface area contributed by atoms with Gasteiger partial charge in [-0.2, -0.15) is 0 Å². The minimum atomic E-state index is -4.33. The third-order valence-electron chi connectivity index (χ3n) is 16.2. The zero-order valence-electron chi connectivity index (χ0n) is 55.7. The van der Waals surface area contributed by atoms with Crippen LogP contribution in [0.3, 0.4) is 0 Å². The minimum Gasteiger partial charge on any atom is -0.391 e. The third kappa shape index (κ3) is 67.3. The average Bonchev–Trinajstić information content (AvgIpc) is 3.49. The fourth-order valence-electron chi connectivity index (χ4n) is 10.7. The first kappa shape index (κ1) is 80.9. The van der Waals surface area contributed by atoms with Gasteiger partial charge in [-0.3, -0.25) is 13.8 Å². The zero-order valence-corrected chi connectivity index (χ0v) is 56.6. The maximum Gasteiger partial charge on any atom is 0.472 e. The van der Waals surface area contributed by atoms with E-state index in [1.54, 1.807) is 0 Å². The Hall–Kier alpha value is -2.06. The monoisotopic (exact) mass is 1180 g/mol. The van der Waals surface area contributed by atoms with E-state index in [-0.39, 0.29) is 19.1 Å². The van der Waals surface area contributed by atoms with Gasteiger partial charge in [0.15, 0.2) is 0 Å². The van der Waals surface area contributed by atoms with Crippen molar-refractivity contribution < 1.29 is 32.9 Å². The van der Waals surface area contributed by atoms with Gasteiger partial charge in [0.1, 0.15) is 13.2 Å². The maximum atomic E-state index is 13.1. The first-order chi connectivity index (χ1) is 40.5. The molecule has 0 fully saturated rings. The van der Waals surface area contributed by atoms with Crippen LogP contribution in [0.1, 0.15) is 341 Å². The van der Waals surface area contributed by atoms with Gasteiger partial charge in [-0.05, 0) is 64.2 Å². The fourth-order valence-corrected chi connectivity index (χ4v) is 11.4. The van der Waals surface area contributed by atoms with Crippen molar-refractivity contribution in [1.82, 2.24) is 5.32 Å². The molecule has 3 atom stereocenters. The van der Waals surface area contributed by atoms with Crippen molar-refractivity contribution >= 4 is 13.7 Å². The van der Waals surface area contributed by atoms with Crippen molar-refractivity contribution in [3.8, 4) is 0 Å². The fraction of sp³-hybridized carbons (Fsp3) is 0.824. The molecule has 0 heterocycles. The summed E-state index contributed by atoms with van der Waals surface area (Å²) in [7, 11) is 1.62. The Kier molecular flexibility index (Phi) is 62.8. The number of nitrogens with zero attached hydrogens (tertiary/aromatic N) is 1. The molecule has 3 N–H and O–H groups in total. The van der Waals surface area contributed by atoms with Crippen molar-refractivity contribution in [3.63, 3.8) is 0 Å². The molecule has 9 heteroatoms. The number of carbonyl (C=O) groups excluding carboxylic acids is 1. The number of amides is 1. The van der Waals surface area contributed by atoms with E-state index in [1.165, 1.54) is 238 Å².